The number of carbonyl (C=O) groups excluding carboxylic acids is 2. The minimum Gasteiger partial charge on any atom is -0.480 e. The predicted octanol–water partition coefficient (Wildman–Crippen LogP) is 2.14. The summed E-state index contributed by atoms with van der Waals surface area (Å²) < 4.78 is 0. The van der Waals surface area contributed by atoms with E-state index in [1.165, 1.54) is 0 Å². The van der Waals surface area contributed by atoms with Crippen molar-refractivity contribution in [3.8, 4) is 0 Å². The normalized spacial score (nSPS) is 16.2. The number of halogens is 1. The average Bonchev–Trinajstić information content (AvgIpc) is 2.91. The molecule has 0 aromatic heterocycles. The van der Waals surface area contributed by atoms with E-state index in [1.54, 1.807) is 0 Å². The van der Waals surface area contributed by atoms with Gasteiger partial charge in [-0.3, -0.25) is 9.69 Å². The topological polar surface area (TPSA) is 104 Å². The molecule has 0 radical (unpaired) electrons. The lowest BCUT2D eigenvalue weighted by atomic mass is 10.1. The highest BCUT2D eigenvalue weighted by Gasteiger charge is 2.44. The third kappa shape index (κ3) is 6.12. The quantitative estimate of drug-likeness (QED) is 0.308. The van der Waals surface area contributed by atoms with Crippen LogP contribution in [0.3, 0.4) is 0 Å². The summed E-state index contributed by atoms with van der Waals surface area (Å²) in [6.07, 6.45) is 2.72. The van der Waals surface area contributed by atoms with Crippen LogP contribution in [0.2, 0.25) is 0 Å². The van der Waals surface area contributed by atoms with Crippen molar-refractivity contribution in [2.45, 2.75) is 43.5 Å². The maximum atomic E-state index is 12.6. The Labute approximate surface area is 170 Å². The minimum absolute atomic E-state index is 0. The third-order valence-corrected chi connectivity index (χ3v) is 4.94. The highest BCUT2D eigenvalue weighted by molar-refractivity contribution is 7.80. The summed E-state index contributed by atoms with van der Waals surface area (Å²) in [4.78, 5) is 38.7. The number of urea groups is 1. The van der Waals surface area contributed by atoms with E-state index in [4.69, 9.17) is 5.73 Å². The second-order valence-corrected chi connectivity index (χ2v) is 6.91. The Balaban J connectivity index is 0.00000364. The second kappa shape index (κ2) is 11.2. The number of nitrogens with two attached hydrogens (primary N) is 1. The van der Waals surface area contributed by atoms with E-state index < -0.39 is 29.3 Å². The molecule has 3 N–H and O–H groups in total. The average molecular weight is 416 g/mol. The van der Waals surface area contributed by atoms with Gasteiger partial charge in [0.1, 0.15) is 12.6 Å². The van der Waals surface area contributed by atoms with Crippen molar-refractivity contribution in [1.29, 1.82) is 0 Å². The first-order valence-corrected chi connectivity index (χ1v) is 9.25. The van der Waals surface area contributed by atoms with Gasteiger partial charge in [0.25, 0.3) is 5.91 Å². The summed E-state index contributed by atoms with van der Waals surface area (Å²) in [5.41, 5.74) is 6.53. The van der Waals surface area contributed by atoms with Crippen molar-refractivity contribution >= 4 is 42.9 Å². The molecule has 9 heteroatoms. The molecule has 3 amide bonds. The highest BCUT2D eigenvalue weighted by atomic mass is 35.5. The van der Waals surface area contributed by atoms with Gasteiger partial charge in [0.05, 0.1) is 5.37 Å². The Bertz CT molecular complexity index is 647. The Morgan fingerprint density at radius 2 is 1.85 bits per heavy atom. The Hall–Kier alpha value is -1.77. The number of hydrogen-bond acceptors (Lipinski definition) is 5. The molecule has 1 saturated heterocycles. The molecule has 0 aliphatic carbocycles. The number of rotatable bonds is 10. The van der Waals surface area contributed by atoms with Gasteiger partial charge < -0.3 is 15.7 Å². The number of unbranched alkanes of at least 4 members (excludes halogenated alkanes) is 1. The molecule has 1 aliphatic rings. The molecule has 7 nitrogen and oxygen atoms in total. The molecule has 0 saturated carbocycles. The molecule has 27 heavy (non-hydrogen) atoms. The van der Waals surface area contributed by atoms with Crippen molar-refractivity contribution < 1.29 is 19.5 Å². The van der Waals surface area contributed by atoms with Crippen LogP contribution in [0.5, 0.6) is 0 Å². The van der Waals surface area contributed by atoms with E-state index in [0.717, 1.165) is 15.4 Å². The second-order valence-electron chi connectivity index (χ2n) is 6.32. The van der Waals surface area contributed by atoms with Crippen LogP contribution >= 0.6 is 25.0 Å². The fourth-order valence-corrected chi connectivity index (χ4v) is 3.39. The van der Waals surface area contributed by atoms with Crippen LogP contribution in [0.1, 0.15) is 31.2 Å². The monoisotopic (exact) mass is 415 g/mol. The van der Waals surface area contributed by atoms with E-state index in [0.29, 0.717) is 32.2 Å². The Morgan fingerprint density at radius 1 is 1.19 bits per heavy atom. The van der Waals surface area contributed by atoms with E-state index >= 15 is 0 Å². The van der Waals surface area contributed by atoms with Gasteiger partial charge in [-0.15, -0.1) is 12.4 Å². The molecule has 1 heterocycles. The molecule has 2 rings (SSSR count). The van der Waals surface area contributed by atoms with Gasteiger partial charge in [-0.1, -0.05) is 30.3 Å². The van der Waals surface area contributed by atoms with Crippen LogP contribution in [-0.2, 0) is 16.0 Å². The van der Waals surface area contributed by atoms with Gasteiger partial charge in [0.2, 0.25) is 0 Å². The van der Waals surface area contributed by atoms with Crippen LogP contribution in [0.15, 0.2) is 30.3 Å². The van der Waals surface area contributed by atoms with Crippen LogP contribution < -0.4 is 5.73 Å². The molecule has 1 fully saturated rings. The first kappa shape index (κ1) is 23.3. The number of hydrogen-bond donors (Lipinski definition) is 3. The van der Waals surface area contributed by atoms with Crippen molar-refractivity contribution in [2.75, 3.05) is 13.1 Å². The number of imide groups is 1. The van der Waals surface area contributed by atoms with Gasteiger partial charge in [-0.05, 0) is 44.2 Å². The Kier molecular flexibility index (Phi) is 9.62. The van der Waals surface area contributed by atoms with Gasteiger partial charge in [-0.2, -0.15) is 12.6 Å². The molecule has 1 aromatic rings. The van der Waals surface area contributed by atoms with Crippen LogP contribution in [0, 0.1) is 0 Å². The number of benzene rings is 1. The van der Waals surface area contributed by atoms with Gasteiger partial charge >= 0.3 is 12.0 Å². The lowest BCUT2D eigenvalue weighted by Crippen LogP contribution is -2.45. The summed E-state index contributed by atoms with van der Waals surface area (Å²) in [7, 11) is 0. The number of nitrogens with zero attached hydrogens (tertiary/aromatic N) is 2. The van der Waals surface area contributed by atoms with E-state index in [9.17, 15) is 19.5 Å². The maximum Gasteiger partial charge on any atom is 0.328 e. The summed E-state index contributed by atoms with van der Waals surface area (Å²) in [5, 5.41) is 8.86. The fourth-order valence-electron chi connectivity index (χ4n) is 3.04. The van der Waals surface area contributed by atoms with Crippen LogP contribution in [0.25, 0.3) is 0 Å². The van der Waals surface area contributed by atoms with Crippen molar-refractivity contribution in [1.82, 2.24) is 9.80 Å². The molecule has 1 aromatic carbocycles. The number of carboxylic acids is 1. The molecule has 150 valence electrons. The third-order valence-electron chi connectivity index (χ3n) is 4.45. The van der Waals surface area contributed by atoms with Crippen LogP contribution in [0.4, 0.5) is 4.79 Å². The lowest BCUT2D eigenvalue weighted by molar-refractivity contribution is -0.142. The van der Waals surface area contributed by atoms with Gasteiger partial charge in [0.15, 0.2) is 0 Å². The molecule has 1 aliphatic heterocycles. The summed E-state index contributed by atoms with van der Waals surface area (Å²) in [5.74, 6) is -1.52. The smallest absolute Gasteiger partial charge is 0.328 e. The maximum absolute atomic E-state index is 12.6. The molecule has 2 atom stereocenters. The van der Waals surface area contributed by atoms with Gasteiger partial charge in [-0.25, -0.2) is 9.59 Å². The van der Waals surface area contributed by atoms with E-state index in [1.807, 2.05) is 30.3 Å². The lowest BCUT2D eigenvalue weighted by Gasteiger charge is -2.26. The summed E-state index contributed by atoms with van der Waals surface area (Å²) >= 11 is 4.41. The largest absolute Gasteiger partial charge is 0.480 e. The van der Waals surface area contributed by atoms with E-state index in [2.05, 4.69) is 12.6 Å². The zero-order chi connectivity index (χ0) is 19.1. The molecule has 0 bridgehead atoms. The van der Waals surface area contributed by atoms with Crippen molar-refractivity contribution in [3.05, 3.63) is 35.9 Å². The number of thiol groups is 1. The minimum atomic E-state index is -1.11. The number of carboxylic acid groups (broad SMARTS) is 1. The van der Waals surface area contributed by atoms with Crippen molar-refractivity contribution in [3.63, 3.8) is 0 Å². The van der Waals surface area contributed by atoms with Gasteiger partial charge in [0, 0.05) is 0 Å². The summed E-state index contributed by atoms with van der Waals surface area (Å²) in [6, 6.07) is 8.12. The highest BCUT2D eigenvalue weighted by Crippen LogP contribution is 2.23. The van der Waals surface area contributed by atoms with Crippen LogP contribution in [-0.4, -0.2) is 57.3 Å². The molecule has 1 unspecified atom stereocenters. The molecule has 0 spiro atoms. The summed E-state index contributed by atoms with van der Waals surface area (Å²) in [6.45, 7) is 0.240. The number of amides is 3. The number of aryl methyl sites for hydroxylation is 1. The molecular formula is C18H26ClN3O4S. The fraction of sp³-hybridized carbons (Fsp3) is 0.500. The molecular weight excluding hydrogens is 390 g/mol. The number of carbonyl (C=O) groups is 3. The van der Waals surface area contributed by atoms with Crippen molar-refractivity contribution in [2.24, 2.45) is 5.73 Å². The SMILES string of the molecule is Cl.NCCCC[C@@H](C(=O)O)N1CC(=O)N(C(S)CCc2ccccc2)C1=O. The zero-order valence-corrected chi connectivity index (χ0v) is 16.7. The predicted molar refractivity (Wildman–Crippen MR) is 108 cm³/mol. The first-order chi connectivity index (χ1) is 12.5. The Morgan fingerprint density at radius 3 is 2.44 bits per heavy atom. The van der Waals surface area contributed by atoms with E-state index in [-0.39, 0.29) is 25.4 Å². The number of aliphatic carboxylic acids is 1. The first-order valence-electron chi connectivity index (χ1n) is 8.73. The zero-order valence-electron chi connectivity index (χ0n) is 15.0. The standard InChI is InChI=1S/C18H25N3O4S.ClH/c19-11-5-4-8-14(17(23)24)20-12-15(22)21(18(20)25)16(26)10-9-13-6-2-1-3-7-13;/h1-3,6-7,14,16,26H,4-5,8-12,19H2,(H,23,24);1H/t14-,16?;/m0./s1.